The molecule has 0 radical (unpaired) electrons. The number of ether oxygens (including phenoxy) is 3. The minimum atomic E-state index is -0.428. The van der Waals surface area contributed by atoms with Crippen LogP contribution in [0, 0.1) is 12.3 Å². The van der Waals surface area contributed by atoms with Crippen LogP contribution in [-0.2, 0) is 16.2 Å². The van der Waals surface area contributed by atoms with Crippen LogP contribution in [0.5, 0.6) is 17.2 Å². The number of methoxy groups -OCH3 is 2. The lowest BCUT2D eigenvalue weighted by atomic mass is 9.88. The maximum atomic E-state index is 12.3. The van der Waals surface area contributed by atoms with Gasteiger partial charge in [0.15, 0.2) is 11.5 Å². The first kappa shape index (κ1) is 26.1. The molecule has 2 aromatic carbocycles. The predicted octanol–water partition coefficient (Wildman–Crippen LogP) is 5.37. The fourth-order valence-electron chi connectivity index (χ4n) is 3.31. The summed E-state index contributed by atoms with van der Waals surface area (Å²) in [5.41, 5.74) is 2.80. The quantitative estimate of drug-likeness (QED) is 0.295. The van der Waals surface area contributed by atoms with Crippen molar-refractivity contribution in [2.24, 2.45) is 5.41 Å². The molecule has 2 rings (SSSR count). The molecular formula is C27H34O6. The van der Waals surface area contributed by atoms with E-state index in [9.17, 15) is 14.7 Å². The van der Waals surface area contributed by atoms with Gasteiger partial charge in [-0.05, 0) is 48.2 Å². The van der Waals surface area contributed by atoms with E-state index in [1.165, 1.54) is 0 Å². The maximum Gasteiger partial charge on any atom is 0.311 e. The number of Topliss-reactive ketones (excluding diaryl/α,β-unsaturated/α-hetero) is 1. The second-order valence-electron chi connectivity index (χ2n) is 8.93. The summed E-state index contributed by atoms with van der Waals surface area (Å²) in [7, 11) is 3.20. The highest BCUT2D eigenvalue weighted by Gasteiger charge is 2.21. The topological polar surface area (TPSA) is 82.1 Å². The van der Waals surface area contributed by atoms with Crippen LogP contribution in [0.3, 0.4) is 0 Å². The first-order chi connectivity index (χ1) is 15.6. The lowest BCUT2D eigenvalue weighted by Gasteiger charge is -2.16. The summed E-state index contributed by atoms with van der Waals surface area (Å²) >= 11 is 0. The van der Waals surface area contributed by atoms with Crippen LogP contribution in [0.25, 0.3) is 12.2 Å². The monoisotopic (exact) mass is 454 g/mol. The smallest absolute Gasteiger partial charge is 0.311 e. The third-order valence-electron chi connectivity index (χ3n) is 5.26. The van der Waals surface area contributed by atoms with E-state index in [0.717, 1.165) is 16.7 Å². The van der Waals surface area contributed by atoms with Crippen molar-refractivity contribution in [1.29, 1.82) is 0 Å². The Kier molecular flexibility index (Phi) is 9.23. The summed E-state index contributed by atoms with van der Waals surface area (Å²) in [6.07, 6.45) is 4.71. The number of esters is 1. The molecule has 0 saturated carbocycles. The van der Waals surface area contributed by atoms with E-state index < -0.39 is 11.4 Å². The minimum absolute atomic E-state index is 0.115. The van der Waals surface area contributed by atoms with Crippen molar-refractivity contribution in [1.82, 2.24) is 0 Å². The van der Waals surface area contributed by atoms with E-state index in [1.807, 2.05) is 58.0 Å². The maximum absolute atomic E-state index is 12.3. The summed E-state index contributed by atoms with van der Waals surface area (Å²) in [5.74, 6) is 1.34. The Morgan fingerprint density at radius 3 is 2.21 bits per heavy atom. The number of carbonyl (C=O) groups is 2. The van der Waals surface area contributed by atoms with E-state index in [2.05, 4.69) is 0 Å². The average Bonchev–Trinajstić information content (AvgIpc) is 2.76. The van der Waals surface area contributed by atoms with Crippen molar-refractivity contribution >= 4 is 23.9 Å². The molecule has 0 amide bonds. The number of hydrogen-bond donors (Lipinski definition) is 1. The molecule has 0 aromatic heterocycles. The van der Waals surface area contributed by atoms with E-state index in [1.54, 1.807) is 26.4 Å². The fourth-order valence-corrected chi connectivity index (χ4v) is 3.31. The highest BCUT2D eigenvalue weighted by molar-refractivity contribution is 5.84. The lowest BCUT2D eigenvalue weighted by molar-refractivity contribution is -0.134. The second kappa shape index (κ2) is 11.7. The molecule has 0 atom stereocenters. The van der Waals surface area contributed by atoms with Crippen molar-refractivity contribution < 1.29 is 28.9 Å². The van der Waals surface area contributed by atoms with E-state index in [-0.39, 0.29) is 18.8 Å². The molecule has 0 heterocycles. The zero-order valence-corrected chi connectivity index (χ0v) is 20.4. The molecule has 0 aliphatic carbocycles. The molecule has 1 N–H and O–H groups in total. The molecule has 2 aromatic rings. The van der Waals surface area contributed by atoms with Crippen molar-refractivity contribution in [3.05, 3.63) is 52.6 Å². The Labute approximate surface area is 196 Å². The first-order valence-corrected chi connectivity index (χ1v) is 11.0. The lowest BCUT2D eigenvalue weighted by Crippen LogP contribution is -2.20. The van der Waals surface area contributed by atoms with E-state index in [4.69, 9.17) is 14.2 Å². The highest BCUT2D eigenvalue weighted by atomic mass is 16.5. The molecular weight excluding hydrogens is 420 g/mol. The number of carbonyl (C=O) groups excluding carboxylic acids is 2. The zero-order valence-electron chi connectivity index (χ0n) is 20.4. The number of rotatable bonds is 10. The normalized spacial score (nSPS) is 11.5. The van der Waals surface area contributed by atoms with Crippen LogP contribution in [0.2, 0.25) is 0 Å². The molecule has 0 unspecified atom stereocenters. The van der Waals surface area contributed by atoms with Gasteiger partial charge in [-0.1, -0.05) is 45.1 Å². The number of aliphatic hydroxyl groups is 1. The van der Waals surface area contributed by atoms with Crippen LogP contribution in [-0.4, -0.2) is 31.1 Å². The van der Waals surface area contributed by atoms with Crippen LogP contribution in [0.15, 0.2) is 30.3 Å². The van der Waals surface area contributed by atoms with Crippen molar-refractivity contribution in [3.8, 4) is 17.2 Å². The van der Waals surface area contributed by atoms with Crippen LogP contribution >= 0.6 is 0 Å². The van der Waals surface area contributed by atoms with Crippen LogP contribution in [0.1, 0.15) is 62.3 Å². The van der Waals surface area contributed by atoms with Crippen molar-refractivity contribution in [2.75, 3.05) is 14.2 Å². The van der Waals surface area contributed by atoms with Gasteiger partial charge in [0.25, 0.3) is 0 Å². The van der Waals surface area contributed by atoms with Gasteiger partial charge in [-0.15, -0.1) is 0 Å². The third-order valence-corrected chi connectivity index (χ3v) is 5.26. The zero-order chi connectivity index (χ0) is 24.6. The summed E-state index contributed by atoms with van der Waals surface area (Å²) in [4.78, 5) is 24.3. The Morgan fingerprint density at radius 1 is 0.939 bits per heavy atom. The molecule has 0 spiro atoms. The number of benzene rings is 2. The molecule has 33 heavy (non-hydrogen) atoms. The molecule has 178 valence electrons. The highest BCUT2D eigenvalue weighted by Crippen LogP contribution is 2.33. The minimum Gasteiger partial charge on any atom is -0.493 e. The second-order valence-corrected chi connectivity index (χ2v) is 8.93. The summed E-state index contributed by atoms with van der Waals surface area (Å²) in [6.45, 7) is 7.29. The van der Waals surface area contributed by atoms with Crippen molar-refractivity contribution in [3.63, 3.8) is 0 Å². The molecule has 0 bridgehead atoms. The SMILES string of the molecule is COc1cc(/C=C\c2ccc(CO)c(OC(=O)CCCC(=O)C(C)(C)C)c2)cc(C)c1OC. The summed E-state index contributed by atoms with van der Waals surface area (Å²) in [5, 5.41) is 9.63. The van der Waals surface area contributed by atoms with Gasteiger partial charge in [-0.25, -0.2) is 0 Å². The van der Waals surface area contributed by atoms with Gasteiger partial charge in [-0.3, -0.25) is 9.59 Å². The predicted molar refractivity (Wildman–Crippen MR) is 130 cm³/mol. The molecule has 0 fully saturated rings. The number of aryl methyl sites for hydroxylation is 1. The van der Waals surface area contributed by atoms with Crippen LogP contribution < -0.4 is 14.2 Å². The van der Waals surface area contributed by atoms with Gasteiger partial charge >= 0.3 is 5.97 Å². The summed E-state index contributed by atoms with van der Waals surface area (Å²) < 4.78 is 16.3. The average molecular weight is 455 g/mol. The fraction of sp³-hybridized carbons (Fsp3) is 0.407. The number of aliphatic hydroxyl groups excluding tert-OH is 1. The standard InChI is InChI=1S/C27H34O6/c1-18-14-20(16-23(31-5)26(18)32-6)11-10-19-12-13-21(17-28)22(15-19)33-25(30)9-7-8-24(29)27(2,3)4/h10-16,28H,7-9,17H2,1-6H3/b11-10-. The molecule has 0 aliphatic heterocycles. The first-order valence-electron chi connectivity index (χ1n) is 11.0. The molecule has 0 aliphatic rings. The summed E-state index contributed by atoms with van der Waals surface area (Å²) in [6, 6.07) is 9.15. The molecule has 0 saturated heterocycles. The Morgan fingerprint density at radius 2 is 1.61 bits per heavy atom. The van der Waals surface area contributed by atoms with Crippen molar-refractivity contribution in [2.45, 2.75) is 53.6 Å². The molecule has 6 heteroatoms. The van der Waals surface area contributed by atoms with Gasteiger partial charge in [0.05, 0.1) is 20.8 Å². The third kappa shape index (κ3) is 7.46. The largest absolute Gasteiger partial charge is 0.493 e. The van der Waals surface area contributed by atoms with E-state index in [0.29, 0.717) is 35.7 Å². The van der Waals surface area contributed by atoms with Gasteiger partial charge in [-0.2, -0.15) is 0 Å². The Bertz CT molecular complexity index is 1010. The molecule has 6 nitrogen and oxygen atoms in total. The Hall–Kier alpha value is -3.12. The number of ketones is 1. The Balaban J connectivity index is 2.12. The van der Waals surface area contributed by atoms with Gasteiger partial charge in [0, 0.05) is 23.8 Å². The van der Waals surface area contributed by atoms with Crippen LogP contribution in [0.4, 0.5) is 0 Å². The number of hydrogen-bond acceptors (Lipinski definition) is 6. The van der Waals surface area contributed by atoms with Gasteiger partial charge < -0.3 is 19.3 Å². The van der Waals surface area contributed by atoms with E-state index >= 15 is 0 Å². The van der Waals surface area contributed by atoms with Gasteiger partial charge in [0.1, 0.15) is 11.5 Å². The van der Waals surface area contributed by atoms with Gasteiger partial charge in [0.2, 0.25) is 0 Å².